The Labute approximate surface area is 243 Å². The van der Waals surface area contributed by atoms with Gasteiger partial charge in [-0.3, -0.25) is 4.79 Å². The van der Waals surface area contributed by atoms with Crippen LogP contribution in [0, 0.1) is 5.92 Å². The van der Waals surface area contributed by atoms with Crippen molar-refractivity contribution >= 4 is 45.0 Å². The SMILES string of the molecule is CC(C)n1nc(N2CCCCC2C2COC2)cc1Nc1ncc2sc(C(N)=O)c(-c3ccccc3OC(F)(F)F)c2n1. The van der Waals surface area contributed by atoms with Gasteiger partial charge in [0.25, 0.3) is 5.91 Å². The summed E-state index contributed by atoms with van der Waals surface area (Å²) in [5.41, 5.74) is 6.13. The summed E-state index contributed by atoms with van der Waals surface area (Å²) in [7, 11) is 0. The molecule has 1 atom stereocenters. The molecule has 1 amide bonds. The first kappa shape index (κ1) is 28.2. The lowest BCUT2D eigenvalue weighted by Crippen LogP contribution is -2.51. The Morgan fingerprint density at radius 1 is 1.24 bits per heavy atom. The molecular formula is C28H30F3N7O3S. The average molecular weight is 602 g/mol. The van der Waals surface area contributed by atoms with Crippen molar-refractivity contribution in [3.8, 4) is 16.9 Å². The largest absolute Gasteiger partial charge is 0.573 e. The topological polar surface area (TPSA) is 120 Å². The van der Waals surface area contributed by atoms with Gasteiger partial charge in [0, 0.05) is 41.7 Å². The molecule has 1 aromatic carbocycles. The molecule has 4 aromatic rings. The smallest absolute Gasteiger partial charge is 0.405 e. The number of carbonyl (C=O) groups excluding carboxylic acids is 1. The van der Waals surface area contributed by atoms with Crippen LogP contribution in [0.2, 0.25) is 0 Å². The number of rotatable bonds is 8. The first-order valence-electron chi connectivity index (χ1n) is 13.7. The number of anilines is 3. The zero-order chi connectivity index (χ0) is 29.6. The highest BCUT2D eigenvalue weighted by atomic mass is 32.1. The van der Waals surface area contributed by atoms with E-state index in [9.17, 15) is 18.0 Å². The van der Waals surface area contributed by atoms with E-state index in [2.05, 4.69) is 24.9 Å². The molecule has 5 heterocycles. The maximum atomic E-state index is 13.2. The third-order valence-electron chi connectivity index (χ3n) is 7.54. The summed E-state index contributed by atoms with van der Waals surface area (Å²) < 4.78 is 51.7. The minimum absolute atomic E-state index is 0.0184. The zero-order valence-corrected chi connectivity index (χ0v) is 23.8. The molecule has 2 saturated heterocycles. The lowest BCUT2D eigenvalue weighted by Gasteiger charge is -2.43. The Balaban J connectivity index is 1.39. The number of amides is 1. The predicted molar refractivity (Wildman–Crippen MR) is 153 cm³/mol. The molecule has 2 fully saturated rings. The lowest BCUT2D eigenvalue weighted by molar-refractivity contribution is -0.274. The van der Waals surface area contributed by atoms with Crippen molar-refractivity contribution in [2.24, 2.45) is 11.7 Å². The van der Waals surface area contributed by atoms with Gasteiger partial charge in [-0.25, -0.2) is 14.6 Å². The van der Waals surface area contributed by atoms with Gasteiger partial charge in [-0.2, -0.15) is 5.10 Å². The van der Waals surface area contributed by atoms with E-state index in [1.807, 2.05) is 24.6 Å². The number of fused-ring (bicyclic) bond motifs is 1. The van der Waals surface area contributed by atoms with E-state index in [1.54, 1.807) is 6.07 Å². The molecule has 14 heteroatoms. The molecule has 2 aliphatic rings. The number of alkyl halides is 3. The Kier molecular flexibility index (Phi) is 7.43. The number of benzene rings is 1. The maximum absolute atomic E-state index is 13.2. The molecule has 0 radical (unpaired) electrons. The molecule has 0 aliphatic carbocycles. The molecular weight excluding hydrogens is 571 g/mol. The number of nitrogens with zero attached hydrogens (tertiary/aromatic N) is 5. The number of hydrogen-bond donors (Lipinski definition) is 2. The van der Waals surface area contributed by atoms with Crippen molar-refractivity contribution < 1.29 is 27.4 Å². The van der Waals surface area contributed by atoms with Crippen molar-refractivity contribution in [2.75, 3.05) is 30.0 Å². The predicted octanol–water partition coefficient (Wildman–Crippen LogP) is 5.88. The number of hydrogen-bond acceptors (Lipinski definition) is 9. The van der Waals surface area contributed by atoms with Gasteiger partial charge >= 0.3 is 6.36 Å². The summed E-state index contributed by atoms with van der Waals surface area (Å²) in [6.07, 6.45) is -0.0538. The second-order valence-electron chi connectivity index (χ2n) is 10.7. The quantitative estimate of drug-likeness (QED) is 0.257. The molecule has 3 N–H and O–H groups in total. The maximum Gasteiger partial charge on any atom is 0.573 e. The molecule has 10 nitrogen and oxygen atoms in total. The minimum atomic E-state index is -4.93. The third kappa shape index (κ3) is 5.48. The number of nitrogens with one attached hydrogen (secondary N) is 1. The zero-order valence-electron chi connectivity index (χ0n) is 23.0. The van der Waals surface area contributed by atoms with Gasteiger partial charge in [0.05, 0.1) is 29.6 Å². The number of halogens is 3. The van der Waals surface area contributed by atoms with Crippen molar-refractivity contribution in [3.63, 3.8) is 0 Å². The summed E-state index contributed by atoms with van der Waals surface area (Å²) in [6.45, 7) is 6.48. The number of thiophene rings is 1. The molecule has 6 rings (SSSR count). The van der Waals surface area contributed by atoms with Crippen LogP contribution in [-0.4, -0.2) is 57.8 Å². The Morgan fingerprint density at radius 3 is 2.71 bits per heavy atom. The molecule has 0 saturated carbocycles. The second kappa shape index (κ2) is 11.1. The van der Waals surface area contributed by atoms with Crippen molar-refractivity contribution in [1.29, 1.82) is 0 Å². The van der Waals surface area contributed by atoms with Crippen LogP contribution in [0.15, 0.2) is 36.5 Å². The van der Waals surface area contributed by atoms with E-state index in [4.69, 9.17) is 15.6 Å². The second-order valence-corrected chi connectivity index (χ2v) is 11.8. The van der Waals surface area contributed by atoms with Gasteiger partial charge in [-0.05, 0) is 39.2 Å². The number of para-hydroxylation sites is 1. The van der Waals surface area contributed by atoms with Gasteiger partial charge in [0.15, 0.2) is 5.82 Å². The van der Waals surface area contributed by atoms with Crippen LogP contribution in [0.3, 0.4) is 0 Å². The Hall–Kier alpha value is -3.91. The molecule has 0 spiro atoms. The van der Waals surface area contributed by atoms with E-state index in [0.29, 0.717) is 22.5 Å². The van der Waals surface area contributed by atoms with E-state index in [0.717, 1.165) is 49.8 Å². The number of ether oxygens (including phenoxy) is 2. The minimum Gasteiger partial charge on any atom is -0.405 e. The van der Waals surface area contributed by atoms with Crippen LogP contribution in [0.4, 0.5) is 30.8 Å². The molecule has 3 aromatic heterocycles. The van der Waals surface area contributed by atoms with Crippen molar-refractivity contribution in [3.05, 3.63) is 41.4 Å². The third-order valence-corrected chi connectivity index (χ3v) is 8.67. The molecule has 222 valence electrons. The first-order chi connectivity index (χ1) is 20.1. The summed E-state index contributed by atoms with van der Waals surface area (Å²) in [6, 6.07) is 7.95. The normalized spacial score (nSPS) is 18.0. The van der Waals surface area contributed by atoms with Crippen molar-refractivity contribution in [2.45, 2.75) is 51.6 Å². The first-order valence-corrected chi connectivity index (χ1v) is 14.6. The highest BCUT2D eigenvalue weighted by Crippen LogP contribution is 2.43. The molecule has 42 heavy (non-hydrogen) atoms. The fraction of sp³-hybridized carbons (Fsp3) is 0.429. The van der Waals surface area contributed by atoms with E-state index in [-0.39, 0.29) is 33.5 Å². The number of piperidine rings is 1. The summed E-state index contributed by atoms with van der Waals surface area (Å²) in [4.78, 5) is 23.9. The van der Waals surface area contributed by atoms with Gasteiger partial charge in [-0.1, -0.05) is 18.2 Å². The van der Waals surface area contributed by atoms with Crippen LogP contribution >= 0.6 is 11.3 Å². The number of aromatic nitrogens is 4. The average Bonchev–Trinajstić information content (AvgIpc) is 3.49. The summed E-state index contributed by atoms with van der Waals surface area (Å²) in [5.74, 6) is 0.950. The monoisotopic (exact) mass is 601 g/mol. The Bertz CT molecular complexity index is 1620. The fourth-order valence-corrected chi connectivity index (χ4v) is 6.57. The van der Waals surface area contributed by atoms with Crippen LogP contribution < -0.4 is 20.7 Å². The number of nitrogens with two attached hydrogens (primary N) is 1. The highest BCUT2D eigenvalue weighted by Gasteiger charge is 2.36. The van der Waals surface area contributed by atoms with Crippen LogP contribution in [0.5, 0.6) is 5.75 Å². The number of carbonyl (C=O) groups is 1. The summed E-state index contributed by atoms with van der Waals surface area (Å²) in [5, 5.41) is 8.17. The lowest BCUT2D eigenvalue weighted by atomic mass is 9.89. The van der Waals surface area contributed by atoms with Gasteiger partial charge in [0.1, 0.15) is 16.4 Å². The van der Waals surface area contributed by atoms with Gasteiger partial charge < -0.3 is 25.4 Å². The summed E-state index contributed by atoms with van der Waals surface area (Å²) >= 11 is 1.01. The van der Waals surface area contributed by atoms with Crippen LogP contribution in [0.1, 0.15) is 48.8 Å². The van der Waals surface area contributed by atoms with Crippen LogP contribution in [-0.2, 0) is 4.74 Å². The van der Waals surface area contributed by atoms with Gasteiger partial charge in [-0.15, -0.1) is 24.5 Å². The van der Waals surface area contributed by atoms with E-state index >= 15 is 0 Å². The Morgan fingerprint density at radius 2 is 2.02 bits per heavy atom. The highest BCUT2D eigenvalue weighted by molar-refractivity contribution is 7.21. The molecule has 2 aliphatic heterocycles. The van der Waals surface area contributed by atoms with Gasteiger partial charge in [0.2, 0.25) is 5.95 Å². The standard InChI is InChI=1S/C28H30F3N7O3S/c1-15(2)38-21(11-22(36-38)37-10-6-5-8-18(37)16-13-40-14-16)34-27-33-12-20-24(35-27)23(25(42-20)26(32)39)17-7-3-4-9-19(17)41-28(29,30)31/h3-4,7,9,11-12,15-16,18H,5-6,8,10,13-14H2,1-2H3,(H2,32,39)(H,33,34,35). The fourth-order valence-electron chi connectivity index (χ4n) is 5.59. The van der Waals surface area contributed by atoms with Crippen LogP contribution in [0.25, 0.3) is 21.3 Å². The van der Waals surface area contributed by atoms with E-state index < -0.39 is 18.0 Å². The molecule has 1 unspecified atom stereocenters. The molecule has 0 bridgehead atoms. The van der Waals surface area contributed by atoms with Crippen molar-refractivity contribution in [1.82, 2.24) is 19.7 Å². The number of primary amides is 1. The van der Waals surface area contributed by atoms with E-state index in [1.165, 1.54) is 30.8 Å².